The zero-order valence-electron chi connectivity index (χ0n) is 25.3. The lowest BCUT2D eigenvalue weighted by molar-refractivity contribution is -0.163. The monoisotopic (exact) mass is 592 g/mol. The smallest absolute Gasteiger partial charge is 0.256 e. The molecule has 8 nitrogen and oxygen atoms in total. The van der Waals surface area contributed by atoms with Crippen molar-refractivity contribution in [3.8, 4) is 11.1 Å². The molecule has 1 aromatic heterocycles. The second-order valence-electron chi connectivity index (χ2n) is 13.6. The van der Waals surface area contributed by atoms with Crippen LogP contribution in [0.4, 0.5) is 4.39 Å². The summed E-state index contributed by atoms with van der Waals surface area (Å²) in [7, 11) is 0. The molecule has 0 bridgehead atoms. The minimum absolute atomic E-state index is 0.0259. The van der Waals surface area contributed by atoms with Crippen molar-refractivity contribution in [2.75, 3.05) is 39.3 Å². The summed E-state index contributed by atoms with van der Waals surface area (Å²) in [5.74, 6) is 0.0501. The number of amides is 2. The van der Waals surface area contributed by atoms with Crippen LogP contribution in [0.25, 0.3) is 11.1 Å². The summed E-state index contributed by atoms with van der Waals surface area (Å²) in [6, 6.07) is 7.54. The molecule has 2 unspecified atom stereocenters. The maximum atomic E-state index is 15.0. The molecule has 2 N–H and O–H groups in total. The van der Waals surface area contributed by atoms with Gasteiger partial charge >= 0.3 is 0 Å². The summed E-state index contributed by atoms with van der Waals surface area (Å²) < 4.78 is 16.4. The highest BCUT2D eigenvalue weighted by Crippen LogP contribution is 2.52. The molecule has 2 atom stereocenters. The summed E-state index contributed by atoms with van der Waals surface area (Å²) in [5.41, 5.74) is -1.37. The number of piperidine rings is 1. The molecule has 6 rings (SSSR count). The molecule has 9 heteroatoms. The highest BCUT2D eigenvalue weighted by molar-refractivity contribution is 6.00. The van der Waals surface area contributed by atoms with E-state index in [2.05, 4.69) is 5.32 Å². The first kappa shape index (κ1) is 30.0. The van der Waals surface area contributed by atoms with E-state index in [4.69, 9.17) is 0 Å². The average molecular weight is 593 g/mol. The normalized spacial score (nSPS) is 24.6. The van der Waals surface area contributed by atoms with E-state index in [0.29, 0.717) is 51.6 Å². The van der Waals surface area contributed by atoms with Crippen molar-refractivity contribution >= 4 is 11.8 Å². The van der Waals surface area contributed by atoms with Crippen LogP contribution in [-0.4, -0.2) is 76.2 Å². The quantitative estimate of drug-likeness (QED) is 0.506. The molecular weight excluding hydrogens is 547 g/mol. The number of benzene rings is 1. The zero-order valence-corrected chi connectivity index (χ0v) is 25.3. The van der Waals surface area contributed by atoms with E-state index >= 15 is 0 Å². The van der Waals surface area contributed by atoms with Gasteiger partial charge in [0.05, 0.1) is 17.7 Å². The predicted octanol–water partition coefficient (Wildman–Crippen LogP) is 4.05. The number of carbonyl (C=O) groups excluding carboxylic acids is 2. The fourth-order valence-electron chi connectivity index (χ4n) is 8.02. The molecule has 2 amide bonds. The largest absolute Gasteiger partial charge is 0.387 e. The van der Waals surface area contributed by atoms with Crippen LogP contribution in [0.3, 0.4) is 0 Å². The zero-order chi connectivity index (χ0) is 30.2. The number of likely N-dealkylation sites (tertiary alicyclic amines) is 1. The molecule has 1 spiro atoms. The first-order chi connectivity index (χ1) is 20.7. The van der Waals surface area contributed by atoms with E-state index in [-0.39, 0.29) is 46.5 Å². The molecule has 0 radical (unpaired) electrons. The Balaban J connectivity index is 1.31. The van der Waals surface area contributed by atoms with Gasteiger partial charge in [-0.15, -0.1) is 0 Å². The molecule has 3 heterocycles. The third-order valence-corrected chi connectivity index (χ3v) is 10.8. The molecule has 232 valence electrons. The van der Waals surface area contributed by atoms with Gasteiger partial charge in [0.1, 0.15) is 5.82 Å². The van der Waals surface area contributed by atoms with E-state index in [0.717, 1.165) is 32.1 Å². The number of hydrogen-bond acceptors (Lipinski definition) is 5. The molecule has 4 fully saturated rings. The average Bonchev–Trinajstić information content (AvgIpc) is 3.47. The summed E-state index contributed by atoms with van der Waals surface area (Å²) in [4.78, 5) is 44.7. The van der Waals surface area contributed by atoms with Gasteiger partial charge in [0.15, 0.2) is 0 Å². The van der Waals surface area contributed by atoms with Gasteiger partial charge in [0.2, 0.25) is 5.91 Å². The van der Waals surface area contributed by atoms with E-state index in [1.54, 1.807) is 23.1 Å². The third kappa shape index (κ3) is 5.78. The van der Waals surface area contributed by atoms with Crippen molar-refractivity contribution in [3.63, 3.8) is 0 Å². The minimum Gasteiger partial charge on any atom is -0.387 e. The second kappa shape index (κ2) is 12.2. The number of halogens is 1. The van der Waals surface area contributed by atoms with Gasteiger partial charge < -0.3 is 24.8 Å². The third-order valence-electron chi connectivity index (χ3n) is 10.8. The lowest BCUT2D eigenvalue weighted by Crippen LogP contribution is -2.62. The lowest BCUT2D eigenvalue weighted by atomic mass is 9.65. The van der Waals surface area contributed by atoms with Gasteiger partial charge in [0.25, 0.3) is 11.5 Å². The van der Waals surface area contributed by atoms with Crippen LogP contribution >= 0.6 is 0 Å². The van der Waals surface area contributed by atoms with Crippen LogP contribution < -0.4 is 10.9 Å². The molecule has 2 aromatic rings. The number of nitrogens with zero attached hydrogens (tertiary/aromatic N) is 3. The summed E-state index contributed by atoms with van der Waals surface area (Å²) in [5, 5.41) is 15.6. The summed E-state index contributed by atoms with van der Waals surface area (Å²) >= 11 is 0. The van der Waals surface area contributed by atoms with Crippen molar-refractivity contribution in [3.05, 3.63) is 58.3 Å². The van der Waals surface area contributed by atoms with Gasteiger partial charge in [-0.1, -0.05) is 57.2 Å². The van der Waals surface area contributed by atoms with Crippen molar-refractivity contribution < 1.29 is 19.1 Å². The topological polar surface area (TPSA) is 94.9 Å². The maximum absolute atomic E-state index is 15.0. The fourth-order valence-corrected chi connectivity index (χ4v) is 8.02. The number of rotatable bonds is 7. The second-order valence-corrected chi connectivity index (χ2v) is 13.6. The number of pyridine rings is 1. The minimum atomic E-state index is -1.21. The first-order valence-electron chi connectivity index (χ1n) is 16.2. The highest BCUT2D eigenvalue weighted by Gasteiger charge is 2.56. The van der Waals surface area contributed by atoms with Gasteiger partial charge in [-0.2, -0.15) is 0 Å². The SMILES string of the molecule is CC(CC1CCC1)C(=O)N1CCC(O)(Cn2cc(C(=O)N3CCNCC3)c(-c3ccccc3F)cc2=O)C2(CCCC2)C1. The molecule has 2 saturated carbocycles. The number of hydrogen-bond donors (Lipinski definition) is 2. The number of carbonyl (C=O) groups is 2. The Morgan fingerprint density at radius 3 is 2.42 bits per heavy atom. The Morgan fingerprint density at radius 2 is 1.74 bits per heavy atom. The molecule has 4 aliphatic rings. The Morgan fingerprint density at radius 1 is 1.02 bits per heavy atom. The van der Waals surface area contributed by atoms with Crippen LogP contribution in [0.1, 0.15) is 75.1 Å². The summed E-state index contributed by atoms with van der Waals surface area (Å²) in [6.07, 6.45) is 10.0. The van der Waals surface area contributed by atoms with E-state index in [1.165, 1.54) is 42.2 Å². The van der Waals surface area contributed by atoms with Crippen LogP contribution in [0.15, 0.2) is 41.3 Å². The lowest BCUT2D eigenvalue weighted by Gasteiger charge is -2.53. The van der Waals surface area contributed by atoms with Crippen LogP contribution in [-0.2, 0) is 11.3 Å². The highest BCUT2D eigenvalue weighted by atomic mass is 19.1. The van der Waals surface area contributed by atoms with Crippen molar-refractivity contribution in [2.45, 2.75) is 76.9 Å². The van der Waals surface area contributed by atoms with Gasteiger partial charge in [0, 0.05) is 74.0 Å². The van der Waals surface area contributed by atoms with Gasteiger partial charge in [-0.25, -0.2) is 4.39 Å². The van der Waals surface area contributed by atoms with E-state index < -0.39 is 16.8 Å². The van der Waals surface area contributed by atoms with Gasteiger partial charge in [-0.3, -0.25) is 14.4 Å². The molecule has 2 aliphatic heterocycles. The van der Waals surface area contributed by atoms with Crippen molar-refractivity contribution in [2.24, 2.45) is 17.3 Å². The van der Waals surface area contributed by atoms with Crippen molar-refractivity contribution in [1.82, 2.24) is 19.7 Å². The summed E-state index contributed by atoms with van der Waals surface area (Å²) in [6.45, 7) is 5.37. The first-order valence-corrected chi connectivity index (χ1v) is 16.2. The predicted molar refractivity (Wildman–Crippen MR) is 163 cm³/mol. The van der Waals surface area contributed by atoms with Gasteiger partial charge in [-0.05, 0) is 37.7 Å². The molecule has 2 saturated heterocycles. The van der Waals surface area contributed by atoms with E-state index in [1.807, 2.05) is 11.8 Å². The van der Waals surface area contributed by atoms with Crippen LogP contribution in [0.2, 0.25) is 0 Å². The van der Waals surface area contributed by atoms with Crippen LogP contribution in [0.5, 0.6) is 0 Å². The number of aliphatic hydroxyl groups is 1. The Bertz CT molecular complexity index is 1410. The van der Waals surface area contributed by atoms with Crippen molar-refractivity contribution in [1.29, 1.82) is 0 Å². The Hall–Kier alpha value is -3.04. The molecule has 2 aliphatic carbocycles. The van der Waals surface area contributed by atoms with Crippen LogP contribution in [0, 0.1) is 23.1 Å². The Labute approximate surface area is 253 Å². The van der Waals surface area contributed by atoms with E-state index in [9.17, 15) is 23.9 Å². The molecule has 1 aromatic carbocycles. The standard InChI is InChI=1S/C34H45FN4O4/c1-24(19-25-7-6-8-25)31(41)38-16-13-34(43,33(22-38)11-4-5-12-33)23-39-21-28(32(42)37-17-14-36-15-18-37)27(20-30(39)40)26-9-2-3-10-29(26)35/h2-3,9-10,20-21,24-25,36,43H,4-8,11-19,22-23H2,1H3. The number of piperazine rings is 1. The fraction of sp³-hybridized carbons (Fsp3) is 0.618. The number of nitrogens with one attached hydrogen (secondary N) is 1. The Kier molecular flexibility index (Phi) is 8.48. The number of aromatic nitrogens is 1. The molecule has 43 heavy (non-hydrogen) atoms. The maximum Gasteiger partial charge on any atom is 0.256 e. The molecular formula is C34H45FN4O4.